The van der Waals surface area contributed by atoms with E-state index >= 15 is 0 Å². The molecule has 1 aliphatic carbocycles. The molecule has 2 aliphatic rings. The Kier molecular flexibility index (Phi) is 4.04. The van der Waals surface area contributed by atoms with Gasteiger partial charge in [0, 0.05) is 18.7 Å². The van der Waals surface area contributed by atoms with E-state index in [0.717, 1.165) is 18.6 Å². The zero-order valence-corrected chi connectivity index (χ0v) is 10.2. The smallest absolute Gasteiger partial charge is 0.0700 e. The average Bonchev–Trinajstić information content (AvgIpc) is 2.50. The predicted octanol–water partition coefficient (Wildman–Crippen LogP) is 2.72. The molecule has 88 valence electrons. The molecule has 2 heteroatoms. The summed E-state index contributed by atoms with van der Waals surface area (Å²) in [7, 11) is 0. The second-order valence-electron chi connectivity index (χ2n) is 5.36. The largest absolute Gasteiger partial charge is 0.377 e. The molecule has 4 unspecified atom stereocenters. The predicted molar refractivity (Wildman–Crippen MR) is 63.0 cm³/mol. The van der Waals surface area contributed by atoms with Crippen LogP contribution in [0.4, 0.5) is 0 Å². The fraction of sp³-hybridized carbons (Fsp3) is 1.00. The molecular weight excluding hydrogens is 186 g/mol. The molecular formula is C13H25NO. The molecule has 1 N–H and O–H groups in total. The Balaban J connectivity index is 1.85. The fourth-order valence-electron chi connectivity index (χ4n) is 2.97. The number of hydrogen-bond donors (Lipinski definition) is 1. The number of rotatable bonds is 2. The lowest BCUT2D eigenvalue weighted by atomic mass is 9.95. The van der Waals surface area contributed by atoms with E-state index < -0.39 is 0 Å². The van der Waals surface area contributed by atoms with E-state index in [0.29, 0.717) is 12.1 Å². The number of nitrogens with one attached hydrogen (secondary N) is 1. The Labute approximate surface area is 93.8 Å². The second kappa shape index (κ2) is 5.31. The van der Waals surface area contributed by atoms with E-state index in [1.54, 1.807) is 0 Å². The van der Waals surface area contributed by atoms with Crippen molar-refractivity contribution in [1.82, 2.24) is 5.32 Å². The Morgan fingerprint density at radius 3 is 2.47 bits per heavy atom. The third-order valence-corrected chi connectivity index (χ3v) is 4.17. The van der Waals surface area contributed by atoms with Gasteiger partial charge in [-0.3, -0.25) is 0 Å². The highest BCUT2D eigenvalue weighted by atomic mass is 16.5. The minimum atomic E-state index is 0.417. The first-order chi connectivity index (χ1) is 7.27. The van der Waals surface area contributed by atoms with Crippen LogP contribution in [-0.2, 0) is 4.74 Å². The van der Waals surface area contributed by atoms with Gasteiger partial charge in [0.1, 0.15) is 0 Å². The van der Waals surface area contributed by atoms with Crippen molar-refractivity contribution in [2.45, 2.75) is 70.6 Å². The van der Waals surface area contributed by atoms with Gasteiger partial charge in [-0.1, -0.05) is 26.2 Å². The van der Waals surface area contributed by atoms with Gasteiger partial charge in [-0.15, -0.1) is 0 Å². The van der Waals surface area contributed by atoms with Gasteiger partial charge >= 0.3 is 0 Å². The summed E-state index contributed by atoms with van der Waals surface area (Å²) >= 11 is 0. The first-order valence-electron chi connectivity index (χ1n) is 6.65. The molecule has 0 radical (unpaired) electrons. The Morgan fingerprint density at radius 1 is 0.933 bits per heavy atom. The van der Waals surface area contributed by atoms with E-state index in [1.165, 1.54) is 38.5 Å². The van der Waals surface area contributed by atoms with Crippen LogP contribution in [0.3, 0.4) is 0 Å². The van der Waals surface area contributed by atoms with Crippen LogP contribution in [0, 0.1) is 5.92 Å². The molecule has 0 amide bonds. The average molecular weight is 211 g/mol. The maximum atomic E-state index is 5.61. The van der Waals surface area contributed by atoms with Crippen LogP contribution in [0.2, 0.25) is 0 Å². The summed E-state index contributed by atoms with van der Waals surface area (Å²) in [5.41, 5.74) is 0. The molecule has 2 fully saturated rings. The number of hydrogen-bond acceptors (Lipinski definition) is 2. The van der Waals surface area contributed by atoms with Gasteiger partial charge in [-0.25, -0.2) is 0 Å². The zero-order chi connectivity index (χ0) is 10.7. The van der Waals surface area contributed by atoms with Crippen LogP contribution in [0.1, 0.15) is 52.4 Å². The standard InChI is InChI=1S/C13H25NO/c1-10-6-4-3-5-7-12(10)14-13-8-9-15-11(13)2/h10-14H,3-9H2,1-2H3. The Bertz CT molecular complexity index is 195. The molecule has 15 heavy (non-hydrogen) atoms. The maximum absolute atomic E-state index is 5.61. The fourth-order valence-corrected chi connectivity index (χ4v) is 2.97. The molecule has 1 heterocycles. The molecule has 0 spiro atoms. The lowest BCUT2D eigenvalue weighted by Gasteiger charge is -2.28. The summed E-state index contributed by atoms with van der Waals surface area (Å²) in [4.78, 5) is 0. The first kappa shape index (κ1) is 11.4. The van der Waals surface area contributed by atoms with Gasteiger partial charge in [-0.05, 0) is 32.1 Å². The molecule has 2 rings (SSSR count). The highest BCUT2D eigenvalue weighted by Gasteiger charge is 2.28. The Morgan fingerprint density at radius 2 is 1.73 bits per heavy atom. The summed E-state index contributed by atoms with van der Waals surface area (Å²) in [5.74, 6) is 0.847. The third kappa shape index (κ3) is 2.94. The molecule has 0 aromatic rings. The van der Waals surface area contributed by atoms with Crippen molar-refractivity contribution in [3.8, 4) is 0 Å². The van der Waals surface area contributed by atoms with Crippen molar-refractivity contribution in [3.05, 3.63) is 0 Å². The molecule has 0 bridgehead atoms. The summed E-state index contributed by atoms with van der Waals surface area (Å²) in [6, 6.07) is 1.34. The van der Waals surface area contributed by atoms with Crippen molar-refractivity contribution in [3.63, 3.8) is 0 Å². The third-order valence-electron chi connectivity index (χ3n) is 4.17. The van der Waals surface area contributed by atoms with Gasteiger partial charge in [-0.2, -0.15) is 0 Å². The van der Waals surface area contributed by atoms with Crippen LogP contribution in [0.5, 0.6) is 0 Å². The lowest BCUT2D eigenvalue weighted by molar-refractivity contribution is 0.108. The van der Waals surface area contributed by atoms with E-state index in [1.807, 2.05) is 0 Å². The minimum absolute atomic E-state index is 0.417. The summed E-state index contributed by atoms with van der Waals surface area (Å²) in [6.07, 6.45) is 8.65. The molecule has 1 saturated carbocycles. The van der Waals surface area contributed by atoms with Gasteiger partial charge in [0.15, 0.2) is 0 Å². The van der Waals surface area contributed by atoms with E-state index in [-0.39, 0.29) is 0 Å². The molecule has 4 atom stereocenters. The van der Waals surface area contributed by atoms with Crippen LogP contribution in [0.15, 0.2) is 0 Å². The Hall–Kier alpha value is -0.0800. The highest BCUT2D eigenvalue weighted by Crippen LogP contribution is 2.25. The van der Waals surface area contributed by atoms with Crippen molar-refractivity contribution in [1.29, 1.82) is 0 Å². The monoisotopic (exact) mass is 211 g/mol. The minimum Gasteiger partial charge on any atom is -0.377 e. The molecule has 2 nitrogen and oxygen atoms in total. The van der Waals surface area contributed by atoms with E-state index in [9.17, 15) is 0 Å². The maximum Gasteiger partial charge on any atom is 0.0700 e. The van der Waals surface area contributed by atoms with Crippen LogP contribution in [0.25, 0.3) is 0 Å². The molecule has 0 aromatic heterocycles. The summed E-state index contributed by atoms with van der Waals surface area (Å²) in [5, 5.41) is 3.83. The SMILES string of the molecule is CC1CCCCCC1NC1CCOC1C. The highest BCUT2D eigenvalue weighted by molar-refractivity contribution is 4.85. The van der Waals surface area contributed by atoms with Crippen LogP contribution < -0.4 is 5.32 Å². The lowest BCUT2D eigenvalue weighted by Crippen LogP contribution is -2.44. The van der Waals surface area contributed by atoms with Crippen molar-refractivity contribution < 1.29 is 4.74 Å². The summed E-state index contributed by atoms with van der Waals surface area (Å²) in [6.45, 7) is 5.55. The van der Waals surface area contributed by atoms with Crippen LogP contribution in [-0.4, -0.2) is 24.8 Å². The van der Waals surface area contributed by atoms with Gasteiger partial charge in [0.25, 0.3) is 0 Å². The van der Waals surface area contributed by atoms with Crippen molar-refractivity contribution >= 4 is 0 Å². The van der Waals surface area contributed by atoms with Crippen LogP contribution >= 0.6 is 0 Å². The quantitative estimate of drug-likeness (QED) is 0.709. The normalized spacial score (nSPS) is 42.8. The van der Waals surface area contributed by atoms with E-state index in [4.69, 9.17) is 4.74 Å². The van der Waals surface area contributed by atoms with Gasteiger partial charge in [0.05, 0.1) is 6.10 Å². The van der Waals surface area contributed by atoms with Crippen molar-refractivity contribution in [2.75, 3.05) is 6.61 Å². The topological polar surface area (TPSA) is 21.3 Å². The first-order valence-corrected chi connectivity index (χ1v) is 6.65. The molecule has 0 aromatic carbocycles. The molecule has 1 aliphatic heterocycles. The van der Waals surface area contributed by atoms with Gasteiger partial charge in [0.2, 0.25) is 0 Å². The zero-order valence-electron chi connectivity index (χ0n) is 10.2. The van der Waals surface area contributed by atoms with E-state index in [2.05, 4.69) is 19.2 Å². The summed E-state index contributed by atoms with van der Waals surface area (Å²) < 4.78 is 5.61. The number of ether oxygens (including phenoxy) is 1. The molecule has 1 saturated heterocycles. The van der Waals surface area contributed by atoms with Crippen molar-refractivity contribution in [2.24, 2.45) is 5.92 Å². The second-order valence-corrected chi connectivity index (χ2v) is 5.36. The van der Waals surface area contributed by atoms with Gasteiger partial charge < -0.3 is 10.1 Å².